The van der Waals surface area contributed by atoms with Gasteiger partial charge in [0, 0.05) is 25.6 Å². The number of piperidine rings is 1. The number of nitrogens with zero attached hydrogens (tertiary/aromatic N) is 3. The maximum atomic E-state index is 13.6. The zero-order valence-electron chi connectivity index (χ0n) is 14.0. The lowest BCUT2D eigenvalue weighted by atomic mass is 10.0. The number of anilines is 1. The first kappa shape index (κ1) is 17.0. The van der Waals surface area contributed by atoms with Gasteiger partial charge in [0.15, 0.2) is 11.7 Å². The second-order valence-corrected chi connectivity index (χ2v) is 6.72. The van der Waals surface area contributed by atoms with Gasteiger partial charge in [-0.15, -0.1) is 0 Å². The van der Waals surface area contributed by atoms with Gasteiger partial charge in [-0.1, -0.05) is 0 Å². The quantitative estimate of drug-likeness (QED) is 0.877. The predicted molar refractivity (Wildman–Crippen MR) is 86.8 cm³/mol. The van der Waals surface area contributed by atoms with Gasteiger partial charge < -0.3 is 14.6 Å². The topological polar surface area (TPSA) is 63.3 Å². The van der Waals surface area contributed by atoms with Crippen molar-refractivity contribution in [3.8, 4) is 0 Å². The fourth-order valence-electron chi connectivity index (χ4n) is 3.61. The summed E-state index contributed by atoms with van der Waals surface area (Å²) in [6.45, 7) is 1.23. The molecule has 1 N–H and O–H groups in total. The van der Waals surface area contributed by atoms with Crippen molar-refractivity contribution in [1.29, 1.82) is 0 Å². The molecule has 2 aliphatic rings. The Morgan fingerprint density at radius 2 is 2.04 bits per heavy atom. The number of hydrogen-bond acceptors (Lipinski definition) is 4. The number of furan rings is 1. The van der Waals surface area contributed by atoms with Gasteiger partial charge in [-0.3, -0.25) is 4.79 Å². The lowest BCUT2D eigenvalue weighted by Crippen LogP contribution is -2.37. The first-order chi connectivity index (χ1) is 12.4. The molecule has 1 fully saturated rings. The second kappa shape index (κ2) is 6.37. The fraction of sp³-hybridized carbons (Fsp3) is 0.529. The van der Waals surface area contributed by atoms with E-state index in [0.29, 0.717) is 18.8 Å². The number of carbonyl (C=O) groups is 1. The Bertz CT molecular complexity index is 779. The third-order valence-corrected chi connectivity index (χ3v) is 4.94. The van der Waals surface area contributed by atoms with Crippen molar-refractivity contribution >= 4 is 11.7 Å². The first-order valence-electron chi connectivity index (χ1n) is 8.69. The number of hydrogen-bond donors (Lipinski definition) is 1. The SMILES string of the molecule is O=C(c1cc2n(n1)[C@H](C(F)(F)F)C[C@@H](c1ccco1)N2)N1CCCCC1. The van der Waals surface area contributed by atoms with E-state index in [2.05, 4.69) is 10.4 Å². The van der Waals surface area contributed by atoms with Gasteiger partial charge in [0.1, 0.15) is 11.6 Å². The summed E-state index contributed by atoms with van der Waals surface area (Å²) in [6, 6.07) is 2.24. The number of carbonyl (C=O) groups excluding carboxylic acids is 1. The lowest BCUT2D eigenvalue weighted by Gasteiger charge is -2.32. The lowest BCUT2D eigenvalue weighted by molar-refractivity contribution is -0.174. The summed E-state index contributed by atoms with van der Waals surface area (Å²) in [5.74, 6) is 0.291. The van der Waals surface area contributed by atoms with Crippen molar-refractivity contribution < 1.29 is 22.4 Å². The van der Waals surface area contributed by atoms with E-state index in [1.807, 2.05) is 0 Å². The van der Waals surface area contributed by atoms with E-state index < -0.39 is 18.3 Å². The van der Waals surface area contributed by atoms with Crippen molar-refractivity contribution in [2.24, 2.45) is 0 Å². The summed E-state index contributed by atoms with van der Waals surface area (Å²) in [5, 5.41) is 7.02. The van der Waals surface area contributed by atoms with Crippen LogP contribution in [0, 0.1) is 0 Å². The number of nitrogens with one attached hydrogen (secondary N) is 1. The molecule has 2 aromatic rings. The second-order valence-electron chi connectivity index (χ2n) is 6.72. The molecule has 6 nitrogen and oxygen atoms in total. The molecule has 0 spiro atoms. The van der Waals surface area contributed by atoms with Crippen LogP contribution in [0.25, 0.3) is 0 Å². The molecular formula is C17H19F3N4O2. The zero-order valence-corrected chi connectivity index (χ0v) is 14.0. The molecule has 1 saturated heterocycles. The summed E-state index contributed by atoms with van der Waals surface area (Å²) in [5.41, 5.74) is 0.0451. The summed E-state index contributed by atoms with van der Waals surface area (Å²) in [6.07, 6.45) is -0.419. The molecule has 0 aromatic carbocycles. The minimum atomic E-state index is -4.47. The van der Waals surface area contributed by atoms with Crippen molar-refractivity contribution in [1.82, 2.24) is 14.7 Å². The minimum Gasteiger partial charge on any atom is -0.467 e. The van der Waals surface area contributed by atoms with E-state index in [4.69, 9.17) is 4.42 Å². The van der Waals surface area contributed by atoms with E-state index >= 15 is 0 Å². The number of aromatic nitrogens is 2. The highest BCUT2D eigenvalue weighted by atomic mass is 19.4. The molecule has 26 heavy (non-hydrogen) atoms. The van der Waals surface area contributed by atoms with Crippen LogP contribution in [-0.2, 0) is 0 Å². The molecule has 2 atom stereocenters. The van der Waals surface area contributed by atoms with Gasteiger partial charge in [0.2, 0.25) is 0 Å². The Hall–Kier alpha value is -2.45. The van der Waals surface area contributed by atoms with Crippen molar-refractivity contribution in [2.45, 2.75) is 43.9 Å². The maximum Gasteiger partial charge on any atom is 0.410 e. The van der Waals surface area contributed by atoms with Crippen LogP contribution in [-0.4, -0.2) is 39.9 Å². The summed E-state index contributed by atoms with van der Waals surface area (Å²) in [7, 11) is 0. The molecule has 1 amide bonds. The summed E-state index contributed by atoms with van der Waals surface area (Å²) in [4.78, 5) is 14.3. The molecule has 0 bridgehead atoms. The van der Waals surface area contributed by atoms with Gasteiger partial charge in [0.05, 0.1) is 12.3 Å². The number of fused-ring (bicyclic) bond motifs is 1. The molecule has 2 aromatic heterocycles. The molecule has 0 unspecified atom stereocenters. The molecular weight excluding hydrogens is 349 g/mol. The largest absolute Gasteiger partial charge is 0.467 e. The molecule has 2 aliphatic heterocycles. The molecule has 9 heteroatoms. The highest BCUT2D eigenvalue weighted by Gasteiger charge is 2.47. The average molecular weight is 368 g/mol. The normalized spacial score (nSPS) is 23.4. The van der Waals surface area contributed by atoms with E-state index in [0.717, 1.165) is 23.9 Å². The minimum absolute atomic E-state index is 0.0451. The van der Waals surface area contributed by atoms with Crippen LogP contribution in [0.15, 0.2) is 28.9 Å². The fourth-order valence-corrected chi connectivity index (χ4v) is 3.61. The zero-order chi connectivity index (χ0) is 18.3. The van der Waals surface area contributed by atoms with Crippen molar-refractivity contribution in [3.63, 3.8) is 0 Å². The van der Waals surface area contributed by atoms with Crippen LogP contribution in [0.4, 0.5) is 19.0 Å². The van der Waals surface area contributed by atoms with Crippen LogP contribution in [0.3, 0.4) is 0 Å². The molecule has 0 saturated carbocycles. The molecule has 140 valence electrons. The Kier molecular flexibility index (Phi) is 4.16. The van der Waals surface area contributed by atoms with E-state index in [1.54, 1.807) is 17.0 Å². The van der Waals surface area contributed by atoms with Gasteiger partial charge in [-0.05, 0) is 31.4 Å². The van der Waals surface area contributed by atoms with Gasteiger partial charge in [-0.25, -0.2) is 4.68 Å². The summed E-state index contributed by atoms with van der Waals surface area (Å²) < 4.78 is 46.9. The van der Waals surface area contributed by atoms with Crippen molar-refractivity contribution in [2.75, 3.05) is 18.4 Å². The number of rotatable bonds is 2. The molecule has 4 rings (SSSR count). The average Bonchev–Trinajstić information content (AvgIpc) is 3.29. The first-order valence-corrected chi connectivity index (χ1v) is 8.69. The van der Waals surface area contributed by atoms with E-state index in [9.17, 15) is 18.0 Å². The Labute approximate surface area is 147 Å². The third-order valence-electron chi connectivity index (χ3n) is 4.94. The van der Waals surface area contributed by atoms with Gasteiger partial charge in [-0.2, -0.15) is 18.3 Å². The smallest absolute Gasteiger partial charge is 0.410 e. The maximum absolute atomic E-state index is 13.6. The Morgan fingerprint density at radius 3 is 2.69 bits per heavy atom. The molecule has 0 aliphatic carbocycles. The van der Waals surface area contributed by atoms with E-state index in [1.165, 1.54) is 12.3 Å². The predicted octanol–water partition coefficient (Wildman–Crippen LogP) is 3.76. The summed E-state index contributed by atoms with van der Waals surface area (Å²) >= 11 is 0. The Balaban J connectivity index is 1.66. The van der Waals surface area contributed by atoms with Crippen LogP contribution >= 0.6 is 0 Å². The van der Waals surface area contributed by atoms with Crippen LogP contribution in [0.1, 0.15) is 54.0 Å². The molecule has 0 radical (unpaired) electrons. The number of alkyl halides is 3. The number of halogens is 3. The van der Waals surface area contributed by atoms with Crippen LogP contribution in [0.2, 0.25) is 0 Å². The highest BCUT2D eigenvalue weighted by molar-refractivity contribution is 5.93. The highest BCUT2D eigenvalue weighted by Crippen LogP contribution is 2.43. The number of amides is 1. The standard InChI is InChI=1S/C17H19F3N4O2/c18-17(19,20)14-9-11(13-5-4-8-26-13)21-15-10-12(22-24(14)15)16(25)23-6-2-1-3-7-23/h4-5,8,10-11,14,21H,1-3,6-7,9H2/t11-,14-/m0/s1. The van der Waals surface area contributed by atoms with Crippen molar-refractivity contribution in [3.05, 3.63) is 35.9 Å². The van der Waals surface area contributed by atoms with E-state index in [-0.39, 0.29) is 23.8 Å². The van der Waals surface area contributed by atoms with Crippen LogP contribution in [0.5, 0.6) is 0 Å². The van der Waals surface area contributed by atoms with Gasteiger partial charge in [0.25, 0.3) is 5.91 Å². The monoisotopic (exact) mass is 368 g/mol. The number of likely N-dealkylation sites (tertiary alicyclic amines) is 1. The van der Waals surface area contributed by atoms with Gasteiger partial charge >= 0.3 is 6.18 Å². The van der Waals surface area contributed by atoms with Crippen LogP contribution < -0.4 is 5.32 Å². The Morgan fingerprint density at radius 1 is 1.27 bits per heavy atom. The molecule has 4 heterocycles. The third kappa shape index (κ3) is 3.06.